The van der Waals surface area contributed by atoms with Crippen molar-refractivity contribution in [1.82, 2.24) is 5.32 Å². The number of ether oxygens (including phenoxy) is 2. The first-order valence-electron chi connectivity index (χ1n) is 11.2. The smallest absolute Gasteiger partial charge is 0.232 e. The van der Waals surface area contributed by atoms with Gasteiger partial charge in [-0.25, -0.2) is 0 Å². The molecule has 0 aliphatic carbocycles. The number of amides is 1. The zero-order valence-corrected chi connectivity index (χ0v) is 18.5. The van der Waals surface area contributed by atoms with Crippen LogP contribution in [0.2, 0.25) is 0 Å². The normalized spacial score (nSPS) is 15.3. The molecular weight excluding hydrogens is 400 g/mol. The fourth-order valence-corrected chi connectivity index (χ4v) is 4.41. The molecule has 0 unspecified atom stereocenters. The van der Waals surface area contributed by atoms with Gasteiger partial charge >= 0.3 is 0 Å². The predicted molar refractivity (Wildman–Crippen MR) is 125 cm³/mol. The Kier molecular flexibility index (Phi) is 7.54. The van der Waals surface area contributed by atoms with Crippen LogP contribution in [-0.2, 0) is 9.53 Å². The summed E-state index contributed by atoms with van der Waals surface area (Å²) in [6.07, 6.45) is 0. The van der Waals surface area contributed by atoms with Gasteiger partial charge < -0.3 is 19.7 Å². The van der Waals surface area contributed by atoms with Crippen LogP contribution in [0.25, 0.3) is 0 Å². The highest BCUT2D eigenvalue weighted by Crippen LogP contribution is 2.25. The number of carbonyl (C=O) groups excluding carboxylic acids is 1. The first-order chi connectivity index (χ1) is 15.8. The molecule has 32 heavy (non-hydrogen) atoms. The highest BCUT2D eigenvalue weighted by molar-refractivity contribution is 5.87. The molecule has 3 aromatic carbocycles. The molecule has 0 radical (unpaired) electrons. The van der Waals surface area contributed by atoms with E-state index in [2.05, 4.69) is 17.4 Å². The van der Waals surface area contributed by atoms with Gasteiger partial charge in [-0.3, -0.25) is 4.79 Å². The van der Waals surface area contributed by atoms with Gasteiger partial charge in [-0.1, -0.05) is 60.7 Å². The molecule has 0 saturated carbocycles. The van der Waals surface area contributed by atoms with Gasteiger partial charge in [-0.15, -0.1) is 0 Å². The molecular formula is C27H31N2O3+. The van der Waals surface area contributed by atoms with Crippen molar-refractivity contribution in [1.29, 1.82) is 0 Å². The Morgan fingerprint density at radius 1 is 0.875 bits per heavy atom. The standard InChI is InChI=1S/C27H30N2O3/c1-31-24-14-12-21(13-15-24)25(29-16-18-32-19-17-29)20-28-27(30)26(22-8-4-2-5-9-22)23-10-6-3-7-11-23/h2-15,25-26H,16-20H2,1H3,(H,28,30)/p+1/t25-/m0/s1. The van der Waals surface area contributed by atoms with Crippen LogP contribution < -0.4 is 15.0 Å². The lowest BCUT2D eigenvalue weighted by Gasteiger charge is -2.32. The van der Waals surface area contributed by atoms with Gasteiger partial charge in [0, 0.05) is 5.56 Å². The molecule has 1 fully saturated rings. The Hall–Kier alpha value is -3.15. The van der Waals surface area contributed by atoms with Crippen molar-refractivity contribution in [3.8, 4) is 5.75 Å². The average Bonchev–Trinajstić information content (AvgIpc) is 2.87. The lowest BCUT2D eigenvalue weighted by atomic mass is 9.90. The van der Waals surface area contributed by atoms with Gasteiger partial charge in [0.15, 0.2) is 0 Å². The van der Waals surface area contributed by atoms with E-state index < -0.39 is 0 Å². The van der Waals surface area contributed by atoms with Crippen molar-refractivity contribution in [2.75, 3.05) is 40.0 Å². The van der Waals surface area contributed by atoms with Gasteiger partial charge in [0.05, 0.1) is 32.8 Å². The number of hydrogen-bond acceptors (Lipinski definition) is 3. The predicted octanol–water partition coefficient (Wildman–Crippen LogP) is 2.60. The van der Waals surface area contributed by atoms with Crippen LogP contribution in [-0.4, -0.2) is 45.9 Å². The number of nitrogens with one attached hydrogen (secondary N) is 2. The number of benzene rings is 3. The minimum atomic E-state index is -0.339. The Morgan fingerprint density at radius 3 is 1.97 bits per heavy atom. The summed E-state index contributed by atoms with van der Waals surface area (Å²) in [5.74, 6) is 0.518. The highest BCUT2D eigenvalue weighted by Gasteiger charge is 2.29. The molecule has 0 spiro atoms. The van der Waals surface area contributed by atoms with Crippen LogP contribution in [0.1, 0.15) is 28.7 Å². The van der Waals surface area contributed by atoms with E-state index >= 15 is 0 Å². The molecule has 1 amide bonds. The van der Waals surface area contributed by atoms with Crippen molar-refractivity contribution in [3.05, 3.63) is 102 Å². The number of methoxy groups -OCH3 is 1. The van der Waals surface area contributed by atoms with Gasteiger partial charge in [0.1, 0.15) is 24.9 Å². The summed E-state index contributed by atoms with van der Waals surface area (Å²) in [6, 6.07) is 28.3. The molecule has 1 heterocycles. The van der Waals surface area contributed by atoms with Crippen LogP contribution in [0, 0.1) is 0 Å². The van der Waals surface area contributed by atoms with E-state index in [1.807, 2.05) is 72.8 Å². The number of hydrogen-bond donors (Lipinski definition) is 2. The number of morpholine rings is 1. The topological polar surface area (TPSA) is 52.0 Å². The molecule has 0 aromatic heterocycles. The summed E-state index contributed by atoms with van der Waals surface area (Å²) in [5, 5.41) is 3.27. The second kappa shape index (κ2) is 10.9. The maximum Gasteiger partial charge on any atom is 0.232 e. The summed E-state index contributed by atoms with van der Waals surface area (Å²) < 4.78 is 10.9. The maximum atomic E-state index is 13.5. The minimum Gasteiger partial charge on any atom is -0.497 e. The quantitative estimate of drug-likeness (QED) is 0.577. The first-order valence-corrected chi connectivity index (χ1v) is 11.2. The summed E-state index contributed by atoms with van der Waals surface area (Å²) in [4.78, 5) is 14.9. The van der Waals surface area contributed by atoms with Gasteiger partial charge in [-0.05, 0) is 35.4 Å². The molecule has 1 aliphatic rings. The summed E-state index contributed by atoms with van der Waals surface area (Å²) in [7, 11) is 1.67. The lowest BCUT2D eigenvalue weighted by molar-refractivity contribution is -0.937. The monoisotopic (exact) mass is 431 g/mol. The van der Waals surface area contributed by atoms with Crippen molar-refractivity contribution in [3.63, 3.8) is 0 Å². The molecule has 3 aromatic rings. The third-order valence-electron chi connectivity index (χ3n) is 6.15. The Morgan fingerprint density at radius 2 is 1.44 bits per heavy atom. The van der Waals surface area contributed by atoms with Gasteiger partial charge in [0.25, 0.3) is 0 Å². The zero-order chi connectivity index (χ0) is 22.2. The first kappa shape index (κ1) is 22.1. The minimum absolute atomic E-state index is 0.0218. The number of quaternary nitrogens is 1. The highest BCUT2D eigenvalue weighted by atomic mass is 16.5. The second-order valence-corrected chi connectivity index (χ2v) is 8.10. The summed E-state index contributed by atoms with van der Waals surface area (Å²) in [6.45, 7) is 3.90. The van der Waals surface area contributed by atoms with Crippen molar-refractivity contribution in [2.24, 2.45) is 0 Å². The molecule has 5 nitrogen and oxygen atoms in total. The molecule has 1 atom stereocenters. The molecule has 5 heteroatoms. The van der Waals surface area contributed by atoms with Gasteiger partial charge in [0.2, 0.25) is 5.91 Å². The molecule has 166 valence electrons. The van der Waals surface area contributed by atoms with Crippen LogP contribution in [0.5, 0.6) is 5.75 Å². The van der Waals surface area contributed by atoms with E-state index in [-0.39, 0.29) is 17.9 Å². The molecule has 1 aliphatic heterocycles. The van der Waals surface area contributed by atoms with E-state index in [1.54, 1.807) is 7.11 Å². The SMILES string of the molecule is COc1ccc([C@H](CNC(=O)C(c2ccccc2)c2ccccc2)[NH+]2CCOCC2)cc1. The Labute approximate surface area is 190 Å². The van der Waals surface area contributed by atoms with Crippen LogP contribution in [0.15, 0.2) is 84.9 Å². The van der Waals surface area contributed by atoms with Crippen LogP contribution in [0.3, 0.4) is 0 Å². The third kappa shape index (κ3) is 5.36. The molecule has 2 N–H and O–H groups in total. The van der Waals surface area contributed by atoms with Crippen molar-refractivity contribution in [2.45, 2.75) is 12.0 Å². The lowest BCUT2D eigenvalue weighted by Crippen LogP contribution is -3.15. The summed E-state index contributed by atoms with van der Waals surface area (Å²) in [5.41, 5.74) is 3.19. The van der Waals surface area contributed by atoms with E-state index in [0.717, 1.165) is 43.2 Å². The van der Waals surface area contributed by atoms with Gasteiger partial charge in [-0.2, -0.15) is 0 Å². The van der Waals surface area contributed by atoms with E-state index in [1.165, 1.54) is 10.5 Å². The summed E-state index contributed by atoms with van der Waals surface area (Å²) >= 11 is 0. The van der Waals surface area contributed by atoms with Crippen LogP contribution in [0.4, 0.5) is 0 Å². The average molecular weight is 432 g/mol. The Balaban J connectivity index is 1.55. The molecule has 4 rings (SSSR count). The van der Waals surface area contributed by atoms with E-state index in [4.69, 9.17) is 9.47 Å². The van der Waals surface area contributed by atoms with E-state index in [0.29, 0.717) is 6.54 Å². The fourth-order valence-electron chi connectivity index (χ4n) is 4.41. The largest absolute Gasteiger partial charge is 0.497 e. The van der Waals surface area contributed by atoms with Crippen molar-refractivity contribution < 1.29 is 19.2 Å². The van der Waals surface area contributed by atoms with E-state index in [9.17, 15) is 4.79 Å². The second-order valence-electron chi connectivity index (χ2n) is 8.10. The fraction of sp³-hybridized carbons (Fsp3) is 0.296. The number of carbonyl (C=O) groups is 1. The number of rotatable bonds is 8. The van der Waals surface area contributed by atoms with Crippen LogP contribution >= 0.6 is 0 Å². The zero-order valence-electron chi connectivity index (χ0n) is 18.5. The molecule has 1 saturated heterocycles. The van der Waals surface area contributed by atoms with Crippen molar-refractivity contribution >= 4 is 5.91 Å². The maximum absolute atomic E-state index is 13.5. The molecule has 0 bridgehead atoms. The Bertz CT molecular complexity index is 931. The third-order valence-corrected chi connectivity index (χ3v) is 6.15.